The lowest BCUT2D eigenvalue weighted by Crippen LogP contribution is -2.11. The zero-order valence-corrected chi connectivity index (χ0v) is 10.9. The molecule has 1 aliphatic carbocycles. The van der Waals surface area contributed by atoms with Crippen molar-refractivity contribution in [2.24, 2.45) is 0 Å². The van der Waals surface area contributed by atoms with Gasteiger partial charge in [0.2, 0.25) is 0 Å². The highest BCUT2D eigenvalue weighted by atomic mass is 35.5. The highest BCUT2D eigenvalue weighted by molar-refractivity contribution is 6.32. The van der Waals surface area contributed by atoms with Gasteiger partial charge in [0.25, 0.3) is 0 Å². The Bertz CT molecular complexity index is 425. The van der Waals surface area contributed by atoms with Crippen LogP contribution >= 0.6 is 11.6 Å². The van der Waals surface area contributed by atoms with Crippen molar-refractivity contribution in [3.05, 3.63) is 28.8 Å². The summed E-state index contributed by atoms with van der Waals surface area (Å²) in [7, 11) is 0. The molecule has 2 rings (SSSR count). The van der Waals surface area contributed by atoms with E-state index < -0.39 is 0 Å². The topological polar surface area (TPSA) is 46.5 Å². The van der Waals surface area contributed by atoms with E-state index in [4.69, 9.17) is 21.4 Å². The highest BCUT2D eigenvalue weighted by Gasteiger charge is 2.18. The fourth-order valence-electron chi connectivity index (χ4n) is 2.20. The molecule has 1 saturated carbocycles. The molecular weight excluding hydrogens is 252 g/mol. The van der Waals surface area contributed by atoms with Crippen LogP contribution in [-0.4, -0.2) is 23.6 Å². The summed E-state index contributed by atoms with van der Waals surface area (Å²) in [4.78, 5) is 11.6. The number of ketones is 1. The van der Waals surface area contributed by atoms with Crippen LogP contribution in [0, 0.1) is 0 Å². The SMILES string of the molecule is O=C(CCO)c1ccc(OC2CCCC2)c(Cl)c1. The van der Waals surface area contributed by atoms with Gasteiger partial charge in [-0.2, -0.15) is 0 Å². The first-order chi connectivity index (χ1) is 8.70. The van der Waals surface area contributed by atoms with E-state index >= 15 is 0 Å². The first kappa shape index (κ1) is 13.4. The lowest BCUT2D eigenvalue weighted by Gasteiger charge is -2.14. The van der Waals surface area contributed by atoms with Crippen LogP contribution in [0.3, 0.4) is 0 Å². The third-order valence-corrected chi connectivity index (χ3v) is 3.48. The summed E-state index contributed by atoms with van der Waals surface area (Å²) in [6.07, 6.45) is 4.92. The van der Waals surface area contributed by atoms with Crippen LogP contribution in [0.15, 0.2) is 18.2 Å². The van der Waals surface area contributed by atoms with Gasteiger partial charge >= 0.3 is 0 Å². The number of aliphatic hydroxyl groups excluding tert-OH is 1. The quantitative estimate of drug-likeness (QED) is 0.834. The number of carbonyl (C=O) groups is 1. The molecule has 3 nitrogen and oxygen atoms in total. The number of ether oxygens (including phenoxy) is 1. The normalized spacial score (nSPS) is 15.9. The number of carbonyl (C=O) groups excluding carboxylic acids is 1. The highest BCUT2D eigenvalue weighted by Crippen LogP contribution is 2.30. The lowest BCUT2D eigenvalue weighted by atomic mass is 10.1. The molecule has 0 aliphatic heterocycles. The van der Waals surface area contributed by atoms with Crippen molar-refractivity contribution in [2.75, 3.05) is 6.61 Å². The van der Waals surface area contributed by atoms with E-state index in [1.54, 1.807) is 18.2 Å². The van der Waals surface area contributed by atoms with Crippen molar-refractivity contribution in [2.45, 2.75) is 38.2 Å². The van der Waals surface area contributed by atoms with E-state index in [9.17, 15) is 4.79 Å². The second-order valence-electron chi connectivity index (χ2n) is 4.57. The Labute approximate surface area is 112 Å². The minimum atomic E-state index is -0.142. The number of benzene rings is 1. The molecule has 1 aromatic carbocycles. The summed E-state index contributed by atoms with van der Waals surface area (Å²) in [5, 5.41) is 9.20. The molecule has 0 saturated heterocycles. The Kier molecular flexibility index (Phi) is 4.61. The summed E-state index contributed by atoms with van der Waals surface area (Å²) >= 11 is 6.11. The Morgan fingerprint density at radius 2 is 2.11 bits per heavy atom. The Morgan fingerprint density at radius 3 is 2.72 bits per heavy atom. The van der Waals surface area contributed by atoms with Crippen molar-refractivity contribution < 1.29 is 14.6 Å². The molecule has 0 aromatic heterocycles. The molecule has 98 valence electrons. The van der Waals surface area contributed by atoms with E-state index in [0.29, 0.717) is 16.3 Å². The fourth-order valence-corrected chi connectivity index (χ4v) is 2.43. The van der Waals surface area contributed by atoms with Gasteiger partial charge in [-0.1, -0.05) is 11.6 Å². The fraction of sp³-hybridized carbons (Fsp3) is 0.500. The van der Waals surface area contributed by atoms with Crippen LogP contribution in [0.4, 0.5) is 0 Å². The number of rotatable bonds is 5. The molecule has 0 radical (unpaired) electrons. The van der Waals surface area contributed by atoms with Gasteiger partial charge in [-0.05, 0) is 43.9 Å². The van der Waals surface area contributed by atoms with Crippen LogP contribution in [0.5, 0.6) is 5.75 Å². The average Bonchev–Trinajstić information content (AvgIpc) is 2.85. The number of hydrogen-bond acceptors (Lipinski definition) is 3. The Hall–Kier alpha value is -1.06. The van der Waals surface area contributed by atoms with E-state index in [1.807, 2.05) is 0 Å². The van der Waals surface area contributed by atoms with Gasteiger partial charge in [0.15, 0.2) is 5.78 Å². The summed E-state index contributed by atoms with van der Waals surface area (Å²) in [6, 6.07) is 5.06. The molecule has 0 spiro atoms. The molecule has 0 bridgehead atoms. The average molecular weight is 269 g/mol. The first-order valence-electron chi connectivity index (χ1n) is 6.31. The van der Waals surface area contributed by atoms with Crippen LogP contribution < -0.4 is 4.74 Å². The predicted molar refractivity (Wildman–Crippen MR) is 70.4 cm³/mol. The Balaban J connectivity index is 2.06. The molecule has 0 heterocycles. The number of halogens is 1. The van der Waals surface area contributed by atoms with Crippen LogP contribution in [0.25, 0.3) is 0 Å². The maximum absolute atomic E-state index is 11.6. The monoisotopic (exact) mass is 268 g/mol. The summed E-state index contributed by atoms with van der Waals surface area (Å²) in [6.45, 7) is -0.142. The Morgan fingerprint density at radius 1 is 1.39 bits per heavy atom. The van der Waals surface area contributed by atoms with Gasteiger partial charge in [0.1, 0.15) is 5.75 Å². The van der Waals surface area contributed by atoms with Crippen LogP contribution in [-0.2, 0) is 0 Å². The van der Waals surface area contributed by atoms with Crippen molar-refractivity contribution >= 4 is 17.4 Å². The second kappa shape index (κ2) is 6.21. The predicted octanol–water partition coefficient (Wildman–Crippen LogP) is 3.23. The molecule has 0 unspecified atom stereocenters. The third-order valence-electron chi connectivity index (χ3n) is 3.19. The molecule has 1 N–H and O–H groups in total. The molecule has 1 fully saturated rings. The van der Waals surface area contributed by atoms with Gasteiger partial charge in [0, 0.05) is 12.0 Å². The van der Waals surface area contributed by atoms with E-state index in [2.05, 4.69) is 0 Å². The van der Waals surface area contributed by atoms with Gasteiger partial charge in [0.05, 0.1) is 17.7 Å². The molecular formula is C14H17ClO3. The van der Waals surface area contributed by atoms with Crippen molar-refractivity contribution in [1.82, 2.24) is 0 Å². The van der Waals surface area contributed by atoms with Crippen molar-refractivity contribution in [3.8, 4) is 5.75 Å². The van der Waals surface area contributed by atoms with Gasteiger partial charge in [-0.15, -0.1) is 0 Å². The largest absolute Gasteiger partial charge is 0.489 e. The van der Waals surface area contributed by atoms with E-state index in [-0.39, 0.29) is 24.9 Å². The number of hydrogen-bond donors (Lipinski definition) is 1. The van der Waals surface area contributed by atoms with E-state index in [0.717, 1.165) is 12.8 Å². The zero-order chi connectivity index (χ0) is 13.0. The molecule has 1 aliphatic rings. The first-order valence-corrected chi connectivity index (χ1v) is 6.69. The minimum absolute atomic E-state index is 0.105. The van der Waals surface area contributed by atoms with Crippen molar-refractivity contribution in [3.63, 3.8) is 0 Å². The molecule has 1 aromatic rings. The molecule has 18 heavy (non-hydrogen) atoms. The smallest absolute Gasteiger partial charge is 0.165 e. The lowest BCUT2D eigenvalue weighted by molar-refractivity contribution is 0.0956. The zero-order valence-electron chi connectivity index (χ0n) is 10.2. The van der Waals surface area contributed by atoms with Crippen molar-refractivity contribution in [1.29, 1.82) is 0 Å². The standard InChI is InChI=1S/C14H17ClO3/c15-12-9-10(13(17)7-8-16)5-6-14(12)18-11-3-1-2-4-11/h5-6,9,11,16H,1-4,7-8H2. The van der Waals surface area contributed by atoms with Gasteiger partial charge in [-0.3, -0.25) is 4.79 Å². The minimum Gasteiger partial charge on any atom is -0.489 e. The summed E-state index contributed by atoms with van der Waals surface area (Å²) in [5.41, 5.74) is 0.521. The summed E-state index contributed by atoms with van der Waals surface area (Å²) < 4.78 is 5.81. The van der Waals surface area contributed by atoms with E-state index in [1.165, 1.54) is 12.8 Å². The molecule has 4 heteroatoms. The summed E-state index contributed by atoms with van der Waals surface area (Å²) in [5.74, 6) is 0.538. The van der Waals surface area contributed by atoms with Gasteiger partial charge < -0.3 is 9.84 Å². The second-order valence-corrected chi connectivity index (χ2v) is 4.97. The number of Topliss-reactive ketones (excluding diaryl/α,β-unsaturated/α-hetero) is 1. The maximum atomic E-state index is 11.6. The molecule has 0 atom stereocenters. The van der Waals surface area contributed by atoms with Gasteiger partial charge in [-0.25, -0.2) is 0 Å². The van der Waals surface area contributed by atoms with Crippen LogP contribution in [0.1, 0.15) is 42.5 Å². The molecule has 0 amide bonds. The van der Waals surface area contributed by atoms with Crippen LogP contribution in [0.2, 0.25) is 5.02 Å². The third kappa shape index (κ3) is 3.24. The number of aliphatic hydroxyl groups is 1. The maximum Gasteiger partial charge on any atom is 0.165 e.